The molecule has 1 aliphatic rings. The summed E-state index contributed by atoms with van der Waals surface area (Å²) < 4.78 is 15.6. The summed E-state index contributed by atoms with van der Waals surface area (Å²) in [5.74, 6) is -0.294. The molecule has 15 heavy (non-hydrogen) atoms. The molecule has 0 aliphatic carbocycles. The lowest BCUT2D eigenvalue weighted by atomic mass is 10.2. The third-order valence-corrected chi connectivity index (χ3v) is 2.29. The molecular weight excluding hydrogens is 196 g/mol. The van der Waals surface area contributed by atoms with Crippen molar-refractivity contribution < 1.29 is 19.0 Å². The Bertz CT molecular complexity index is 175. The van der Waals surface area contributed by atoms with E-state index in [0.717, 1.165) is 38.7 Å². The van der Waals surface area contributed by atoms with Gasteiger partial charge in [-0.2, -0.15) is 0 Å². The van der Waals surface area contributed by atoms with Crippen LogP contribution >= 0.6 is 0 Å². The molecule has 1 fully saturated rings. The molecule has 88 valence electrons. The molecule has 0 aromatic heterocycles. The largest absolute Gasteiger partial charge is 0.464 e. The molecule has 0 spiro atoms. The van der Waals surface area contributed by atoms with Crippen molar-refractivity contribution in [2.24, 2.45) is 0 Å². The molecule has 1 atom stereocenters. The molecule has 1 rings (SSSR count). The number of rotatable bonds is 6. The van der Waals surface area contributed by atoms with Crippen LogP contribution in [0.25, 0.3) is 0 Å². The number of carbonyl (C=O) groups is 1. The van der Waals surface area contributed by atoms with Crippen molar-refractivity contribution in [1.82, 2.24) is 0 Å². The summed E-state index contributed by atoms with van der Waals surface area (Å²) in [5, 5.41) is 0. The second kappa shape index (κ2) is 7.65. The zero-order valence-corrected chi connectivity index (χ0v) is 9.37. The fraction of sp³-hybridized carbons (Fsp3) is 0.909. The van der Waals surface area contributed by atoms with Crippen LogP contribution in [0.15, 0.2) is 0 Å². The van der Waals surface area contributed by atoms with Crippen molar-refractivity contribution in [2.75, 3.05) is 19.8 Å². The predicted molar refractivity (Wildman–Crippen MR) is 55.4 cm³/mol. The second-order valence-corrected chi connectivity index (χ2v) is 3.68. The first-order valence-electron chi connectivity index (χ1n) is 5.71. The highest BCUT2D eigenvalue weighted by atomic mass is 16.7. The minimum atomic E-state index is -0.294. The van der Waals surface area contributed by atoms with Crippen LogP contribution in [0.3, 0.4) is 0 Å². The van der Waals surface area contributed by atoms with Crippen molar-refractivity contribution in [1.29, 1.82) is 0 Å². The minimum absolute atomic E-state index is 0.00831. The van der Waals surface area contributed by atoms with E-state index in [1.165, 1.54) is 0 Å². The first kappa shape index (κ1) is 12.5. The van der Waals surface area contributed by atoms with Crippen LogP contribution < -0.4 is 0 Å². The summed E-state index contributed by atoms with van der Waals surface area (Å²) in [7, 11) is 0. The molecule has 1 aliphatic heterocycles. The highest BCUT2D eigenvalue weighted by molar-refractivity contribution is 5.70. The van der Waals surface area contributed by atoms with E-state index in [9.17, 15) is 4.79 Å². The van der Waals surface area contributed by atoms with Crippen molar-refractivity contribution >= 4 is 5.97 Å². The number of carbonyl (C=O) groups excluding carboxylic acids is 1. The molecule has 0 aromatic rings. The van der Waals surface area contributed by atoms with E-state index in [-0.39, 0.29) is 18.9 Å². The van der Waals surface area contributed by atoms with Crippen LogP contribution in [0.5, 0.6) is 0 Å². The van der Waals surface area contributed by atoms with Crippen molar-refractivity contribution in [2.45, 2.75) is 45.3 Å². The van der Waals surface area contributed by atoms with Crippen LogP contribution in [0.1, 0.15) is 39.0 Å². The molecule has 0 N–H and O–H groups in total. The summed E-state index contributed by atoms with van der Waals surface area (Å²) in [6.45, 7) is 3.29. The Kier molecular flexibility index (Phi) is 6.36. The van der Waals surface area contributed by atoms with Gasteiger partial charge < -0.3 is 14.2 Å². The smallest absolute Gasteiger partial charge is 0.332 e. The number of ether oxygens (including phenoxy) is 3. The molecule has 0 bridgehead atoms. The SMILES string of the molecule is CCCCOC(=O)CO[C@@H]1CCCCO1. The minimum Gasteiger partial charge on any atom is -0.464 e. The van der Waals surface area contributed by atoms with E-state index in [4.69, 9.17) is 14.2 Å². The third kappa shape index (κ3) is 5.74. The first-order valence-corrected chi connectivity index (χ1v) is 5.71. The Hall–Kier alpha value is -0.610. The molecule has 0 amide bonds. The summed E-state index contributed by atoms with van der Waals surface area (Å²) in [6.07, 6.45) is 4.79. The summed E-state index contributed by atoms with van der Waals surface area (Å²) in [6, 6.07) is 0. The summed E-state index contributed by atoms with van der Waals surface area (Å²) in [4.78, 5) is 11.2. The van der Waals surface area contributed by atoms with E-state index < -0.39 is 0 Å². The van der Waals surface area contributed by atoms with Gasteiger partial charge in [-0.1, -0.05) is 13.3 Å². The van der Waals surface area contributed by atoms with E-state index in [2.05, 4.69) is 6.92 Å². The highest BCUT2D eigenvalue weighted by Crippen LogP contribution is 2.13. The van der Waals surface area contributed by atoms with Gasteiger partial charge in [0, 0.05) is 6.61 Å². The summed E-state index contributed by atoms with van der Waals surface area (Å²) in [5.41, 5.74) is 0. The lowest BCUT2D eigenvalue weighted by Gasteiger charge is -2.22. The van der Waals surface area contributed by atoms with Crippen molar-refractivity contribution in [3.63, 3.8) is 0 Å². The Balaban J connectivity index is 2.00. The molecule has 0 saturated carbocycles. The molecular formula is C11H20O4. The Morgan fingerprint density at radius 1 is 1.47 bits per heavy atom. The third-order valence-electron chi connectivity index (χ3n) is 2.29. The van der Waals surface area contributed by atoms with Crippen molar-refractivity contribution in [3.05, 3.63) is 0 Å². The standard InChI is InChI=1S/C11H20O4/c1-2-3-7-13-10(12)9-15-11-6-4-5-8-14-11/h11H,2-9H2,1H3/t11-/m1/s1. The van der Waals surface area contributed by atoms with Crippen LogP contribution in [-0.2, 0) is 19.0 Å². The van der Waals surface area contributed by atoms with Gasteiger partial charge >= 0.3 is 5.97 Å². The maximum Gasteiger partial charge on any atom is 0.332 e. The van der Waals surface area contributed by atoms with E-state index >= 15 is 0 Å². The summed E-state index contributed by atoms with van der Waals surface area (Å²) >= 11 is 0. The average Bonchev–Trinajstić information content (AvgIpc) is 2.28. The van der Waals surface area contributed by atoms with E-state index in [0.29, 0.717) is 6.61 Å². The van der Waals surface area contributed by atoms with Gasteiger partial charge in [-0.25, -0.2) is 4.79 Å². The molecule has 1 heterocycles. The molecule has 1 saturated heterocycles. The van der Waals surface area contributed by atoms with Crippen molar-refractivity contribution in [3.8, 4) is 0 Å². The van der Waals surface area contributed by atoms with Gasteiger partial charge in [0.1, 0.15) is 6.61 Å². The fourth-order valence-corrected chi connectivity index (χ4v) is 1.38. The van der Waals surface area contributed by atoms with E-state index in [1.807, 2.05) is 0 Å². The zero-order valence-electron chi connectivity index (χ0n) is 9.37. The molecule has 0 unspecified atom stereocenters. The maximum atomic E-state index is 11.2. The quantitative estimate of drug-likeness (QED) is 0.502. The fourth-order valence-electron chi connectivity index (χ4n) is 1.38. The number of unbranched alkanes of at least 4 members (excludes halogenated alkanes) is 1. The van der Waals surface area contributed by atoms with Gasteiger partial charge in [0.25, 0.3) is 0 Å². The molecule has 4 heteroatoms. The van der Waals surface area contributed by atoms with Gasteiger partial charge in [0.15, 0.2) is 6.29 Å². The topological polar surface area (TPSA) is 44.8 Å². The second-order valence-electron chi connectivity index (χ2n) is 3.68. The predicted octanol–water partition coefficient (Wildman–Crippen LogP) is 1.87. The average molecular weight is 216 g/mol. The molecule has 0 aromatic carbocycles. The molecule has 4 nitrogen and oxygen atoms in total. The van der Waals surface area contributed by atoms with Crippen LogP contribution in [0.4, 0.5) is 0 Å². The monoisotopic (exact) mass is 216 g/mol. The lowest BCUT2D eigenvalue weighted by Crippen LogP contribution is -2.26. The van der Waals surface area contributed by atoms with Crippen LogP contribution in [0, 0.1) is 0 Å². The normalized spacial score (nSPS) is 21.3. The first-order chi connectivity index (χ1) is 7.33. The van der Waals surface area contributed by atoms with Gasteiger partial charge in [0.2, 0.25) is 0 Å². The number of hydrogen-bond donors (Lipinski definition) is 0. The molecule has 0 radical (unpaired) electrons. The van der Waals surface area contributed by atoms with Gasteiger partial charge in [-0.05, 0) is 25.7 Å². The Morgan fingerprint density at radius 3 is 3.00 bits per heavy atom. The number of esters is 1. The van der Waals surface area contributed by atoms with Gasteiger partial charge in [-0.15, -0.1) is 0 Å². The Morgan fingerprint density at radius 2 is 2.33 bits per heavy atom. The van der Waals surface area contributed by atoms with E-state index in [1.54, 1.807) is 0 Å². The zero-order chi connectivity index (χ0) is 10.9. The van der Waals surface area contributed by atoms with Crippen LogP contribution in [0.2, 0.25) is 0 Å². The highest BCUT2D eigenvalue weighted by Gasteiger charge is 2.15. The van der Waals surface area contributed by atoms with Gasteiger partial charge in [-0.3, -0.25) is 0 Å². The number of hydrogen-bond acceptors (Lipinski definition) is 4. The van der Waals surface area contributed by atoms with Crippen LogP contribution in [-0.4, -0.2) is 32.1 Å². The lowest BCUT2D eigenvalue weighted by molar-refractivity contribution is -0.182. The van der Waals surface area contributed by atoms with Gasteiger partial charge in [0.05, 0.1) is 6.61 Å². The Labute approximate surface area is 90.9 Å². The maximum absolute atomic E-state index is 11.2.